The van der Waals surface area contributed by atoms with Gasteiger partial charge in [-0.2, -0.15) is 0 Å². The highest BCUT2D eigenvalue weighted by Gasteiger charge is 2.32. The first kappa shape index (κ1) is 22.7. The van der Waals surface area contributed by atoms with Gasteiger partial charge in [0.05, 0.1) is 12.0 Å². The Balaban J connectivity index is 2.32. The molecule has 0 atom stereocenters. The van der Waals surface area contributed by atoms with Crippen LogP contribution in [0.15, 0.2) is 27.5 Å². The van der Waals surface area contributed by atoms with Crippen molar-refractivity contribution in [1.82, 2.24) is 4.57 Å². The molecule has 6 nitrogen and oxygen atoms in total. The van der Waals surface area contributed by atoms with Crippen LogP contribution >= 0.6 is 15.9 Å². The van der Waals surface area contributed by atoms with Crippen molar-refractivity contribution in [1.29, 1.82) is 0 Å². The topological polar surface area (TPSA) is 71.8 Å². The molecule has 0 saturated heterocycles. The highest BCUT2D eigenvalue weighted by molar-refractivity contribution is 9.10. The second-order valence-electron chi connectivity index (χ2n) is 9.33. The van der Waals surface area contributed by atoms with Crippen LogP contribution in [0.2, 0.25) is 0 Å². The number of benzene rings is 1. The van der Waals surface area contributed by atoms with E-state index in [-0.39, 0.29) is 17.5 Å². The number of fused-ring (bicyclic) bond motifs is 1. The number of unbranched alkanes of at least 4 members (excludes halogenated alkanes) is 1. The predicted molar refractivity (Wildman–Crippen MR) is 124 cm³/mol. The van der Waals surface area contributed by atoms with Gasteiger partial charge < -0.3 is 9.84 Å². The number of hydrogen-bond acceptors (Lipinski definition) is 3. The molecule has 3 rings (SSSR count). The summed E-state index contributed by atoms with van der Waals surface area (Å²) in [6.45, 7) is 9.28. The zero-order chi connectivity index (χ0) is 22.1. The second kappa shape index (κ2) is 9.00. The highest BCUT2D eigenvalue weighted by atomic mass is 79.9. The Hall–Kier alpha value is -2.02. The molecule has 1 fully saturated rings. The number of carboxylic acid groups (broad SMARTS) is 1. The molecule has 1 aromatic heterocycles. The number of nitrogens with zero attached hydrogens (tertiary/aromatic N) is 2. The van der Waals surface area contributed by atoms with Crippen molar-refractivity contribution >= 4 is 38.6 Å². The van der Waals surface area contributed by atoms with Crippen molar-refractivity contribution in [3.63, 3.8) is 0 Å². The maximum absolute atomic E-state index is 13.5. The van der Waals surface area contributed by atoms with Crippen LogP contribution in [0.5, 0.6) is 5.75 Å². The van der Waals surface area contributed by atoms with E-state index in [2.05, 4.69) is 22.9 Å². The van der Waals surface area contributed by atoms with Gasteiger partial charge in [0.15, 0.2) is 11.6 Å². The number of hydrogen-bond donors (Lipinski definition) is 1. The fraction of sp³-hybridized carbons (Fsp3) is 0.565. The number of ether oxygens (including phenoxy) is 1. The van der Waals surface area contributed by atoms with Crippen LogP contribution < -0.4 is 15.2 Å². The van der Waals surface area contributed by atoms with Crippen LogP contribution in [0.25, 0.3) is 10.8 Å². The van der Waals surface area contributed by atoms with Gasteiger partial charge in [0.1, 0.15) is 0 Å². The van der Waals surface area contributed by atoms with Crippen LogP contribution in [-0.4, -0.2) is 28.9 Å². The lowest BCUT2D eigenvalue weighted by molar-refractivity contribution is 0.197. The normalized spacial score (nSPS) is 14.2. The van der Waals surface area contributed by atoms with E-state index in [1.165, 1.54) is 4.90 Å². The quantitative estimate of drug-likeness (QED) is 0.480. The minimum Gasteiger partial charge on any atom is -0.489 e. The van der Waals surface area contributed by atoms with Crippen molar-refractivity contribution in [2.75, 3.05) is 18.1 Å². The van der Waals surface area contributed by atoms with E-state index in [9.17, 15) is 14.7 Å². The van der Waals surface area contributed by atoms with E-state index in [0.29, 0.717) is 41.4 Å². The third-order valence-corrected chi connectivity index (χ3v) is 5.65. The number of amides is 1. The lowest BCUT2D eigenvalue weighted by Crippen LogP contribution is -2.41. The van der Waals surface area contributed by atoms with Gasteiger partial charge in [0.2, 0.25) is 0 Å². The lowest BCUT2D eigenvalue weighted by Gasteiger charge is -2.31. The number of pyridine rings is 1. The largest absolute Gasteiger partial charge is 0.489 e. The minimum absolute atomic E-state index is 0.164. The summed E-state index contributed by atoms with van der Waals surface area (Å²) in [6.07, 6.45) is 2.85. The third kappa shape index (κ3) is 5.17. The monoisotopic (exact) mass is 478 g/mol. The second-order valence-corrected chi connectivity index (χ2v) is 10.2. The molecule has 7 heteroatoms. The third-order valence-electron chi connectivity index (χ3n) is 5.16. The minimum atomic E-state index is -1.08. The van der Waals surface area contributed by atoms with Crippen LogP contribution in [-0.2, 0) is 6.54 Å². The van der Waals surface area contributed by atoms with Crippen molar-refractivity contribution in [2.24, 2.45) is 11.3 Å². The van der Waals surface area contributed by atoms with E-state index in [1.54, 1.807) is 10.6 Å². The maximum atomic E-state index is 13.5. The molecule has 1 aliphatic rings. The standard InChI is InChI=1S/C23H31BrN2O4/c1-5-6-11-30-19-18-12-16(24)9-10-17(18)21(27)25(13-15-7-8-15)20(19)26(22(28)29)14-23(2,3)4/h9-10,12,15H,5-8,11,13-14H2,1-4H3,(H,28,29). The number of anilines is 1. The molecule has 1 N–H and O–H groups in total. The Morgan fingerprint density at radius 2 is 2.00 bits per heavy atom. The number of halogens is 1. The number of rotatable bonds is 8. The molecule has 0 bridgehead atoms. The molecule has 0 aliphatic heterocycles. The summed E-state index contributed by atoms with van der Waals surface area (Å²) in [7, 11) is 0. The molecule has 1 aliphatic carbocycles. The van der Waals surface area contributed by atoms with E-state index in [1.807, 2.05) is 32.9 Å². The van der Waals surface area contributed by atoms with Crippen LogP contribution in [0, 0.1) is 11.3 Å². The van der Waals surface area contributed by atoms with E-state index < -0.39 is 6.09 Å². The van der Waals surface area contributed by atoms with Crippen molar-refractivity contribution < 1.29 is 14.6 Å². The van der Waals surface area contributed by atoms with Gasteiger partial charge in [-0.1, -0.05) is 50.0 Å². The summed E-state index contributed by atoms with van der Waals surface area (Å²) in [4.78, 5) is 27.1. The summed E-state index contributed by atoms with van der Waals surface area (Å²) in [5.41, 5.74) is -0.450. The first-order valence-corrected chi connectivity index (χ1v) is 11.4. The Kier molecular flexibility index (Phi) is 6.80. The number of carbonyl (C=O) groups is 1. The van der Waals surface area contributed by atoms with Crippen molar-refractivity contribution in [3.8, 4) is 5.75 Å². The molecule has 0 spiro atoms. The summed E-state index contributed by atoms with van der Waals surface area (Å²) >= 11 is 3.49. The molecule has 30 heavy (non-hydrogen) atoms. The van der Waals surface area contributed by atoms with Crippen molar-refractivity contribution in [3.05, 3.63) is 33.0 Å². The molecule has 164 valence electrons. The van der Waals surface area contributed by atoms with Crippen LogP contribution in [0.4, 0.5) is 10.6 Å². The highest BCUT2D eigenvalue weighted by Crippen LogP contribution is 2.40. The Morgan fingerprint density at radius 1 is 1.30 bits per heavy atom. The van der Waals surface area contributed by atoms with E-state index in [0.717, 1.165) is 30.2 Å². The van der Waals surface area contributed by atoms with Gasteiger partial charge in [0.25, 0.3) is 5.56 Å². The average molecular weight is 479 g/mol. The van der Waals surface area contributed by atoms with E-state index in [4.69, 9.17) is 4.74 Å². The van der Waals surface area contributed by atoms with Gasteiger partial charge in [-0.15, -0.1) is 0 Å². The Bertz CT molecular complexity index is 989. The SMILES string of the molecule is CCCCOc1c(N(CC(C)(C)C)C(=O)O)n(CC2CC2)c(=O)c2ccc(Br)cc12. The molecule has 0 radical (unpaired) electrons. The molecule has 1 aromatic carbocycles. The fourth-order valence-electron chi connectivity index (χ4n) is 3.54. The summed E-state index contributed by atoms with van der Waals surface area (Å²) in [6, 6.07) is 5.47. The molecule has 1 amide bonds. The van der Waals surface area contributed by atoms with Gasteiger partial charge in [-0.05, 0) is 48.8 Å². The molecular formula is C23H31BrN2O4. The summed E-state index contributed by atoms with van der Waals surface area (Å²) < 4.78 is 8.66. The maximum Gasteiger partial charge on any atom is 0.413 e. The molecule has 0 unspecified atom stereocenters. The predicted octanol–water partition coefficient (Wildman–Crippen LogP) is 5.88. The van der Waals surface area contributed by atoms with Crippen LogP contribution in [0.1, 0.15) is 53.4 Å². The first-order chi connectivity index (χ1) is 14.1. The zero-order valence-corrected chi connectivity index (χ0v) is 19.8. The number of aromatic nitrogens is 1. The van der Waals surface area contributed by atoms with Crippen LogP contribution in [0.3, 0.4) is 0 Å². The van der Waals surface area contributed by atoms with Gasteiger partial charge in [0, 0.05) is 22.9 Å². The summed E-state index contributed by atoms with van der Waals surface area (Å²) in [5, 5.41) is 11.3. The molecule has 2 aromatic rings. The van der Waals surface area contributed by atoms with Gasteiger partial charge in [-0.3, -0.25) is 14.3 Å². The Morgan fingerprint density at radius 3 is 2.57 bits per heavy atom. The lowest BCUT2D eigenvalue weighted by atomic mass is 9.96. The average Bonchev–Trinajstić information content (AvgIpc) is 3.47. The molecule has 1 heterocycles. The first-order valence-electron chi connectivity index (χ1n) is 10.6. The fourth-order valence-corrected chi connectivity index (χ4v) is 3.90. The molecular weight excluding hydrogens is 448 g/mol. The van der Waals surface area contributed by atoms with Gasteiger partial charge in [-0.25, -0.2) is 4.79 Å². The zero-order valence-electron chi connectivity index (χ0n) is 18.2. The summed E-state index contributed by atoms with van der Waals surface area (Å²) in [5.74, 6) is 1.24. The smallest absolute Gasteiger partial charge is 0.413 e. The Labute approximate surface area is 186 Å². The van der Waals surface area contributed by atoms with E-state index >= 15 is 0 Å². The molecule has 1 saturated carbocycles. The van der Waals surface area contributed by atoms with Gasteiger partial charge >= 0.3 is 6.09 Å². The van der Waals surface area contributed by atoms with Crippen molar-refractivity contribution in [2.45, 2.75) is 59.9 Å².